The third kappa shape index (κ3) is 3.75. The van der Waals surface area contributed by atoms with Crippen LogP contribution in [0.15, 0.2) is 48.5 Å². The minimum atomic E-state index is 0.0681. The van der Waals surface area contributed by atoms with Crippen molar-refractivity contribution < 1.29 is 4.79 Å². The Kier molecular flexibility index (Phi) is 4.87. The first kappa shape index (κ1) is 19.6. The average Bonchev–Trinajstić information content (AvgIpc) is 2.73. The molecule has 0 unspecified atom stereocenters. The lowest BCUT2D eigenvalue weighted by molar-refractivity contribution is 0.0962. The molecular weight excluding hydrogens is 410 g/mol. The topological polar surface area (TPSA) is 80.7 Å². The van der Waals surface area contributed by atoms with Crippen molar-refractivity contribution in [3.63, 3.8) is 0 Å². The number of para-hydroxylation sites is 1. The number of ketones is 1. The van der Waals surface area contributed by atoms with Crippen molar-refractivity contribution in [2.75, 3.05) is 5.32 Å². The zero-order valence-corrected chi connectivity index (χ0v) is 17.9. The molecule has 0 spiro atoms. The van der Waals surface area contributed by atoms with Crippen LogP contribution >= 0.6 is 11.6 Å². The Labute approximate surface area is 184 Å². The molecule has 1 N–H and O–H groups in total. The van der Waals surface area contributed by atoms with Gasteiger partial charge in [-0.2, -0.15) is 0 Å². The third-order valence-corrected chi connectivity index (χ3v) is 5.93. The number of nitrogens with zero attached hydrogens (tertiary/aromatic N) is 4. The predicted octanol–water partition coefficient (Wildman–Crippen LogP) is 5.35. The third-order valence-electron chi connectivity index (χ3n) is 5.67. The van der Waals surface area contributed by atoms with Gasteiger partial charge in [0.15, 0.2) is 5.78 Å². The molecule has 0 saturated carbocycles. The van der Waals surface area contributed by atoms with Gasteiger partial charge in [-0.3, -0.25) is 10.1 Å². The minimum Gasteiger partial charge on any atom is -0.294 e. The fourth-order valence-electron chi connectivity index (χ4n) is 4.19. The van der Waals surface area contributed by atoms with Crippen LogP contribution in [0, 0.1) is 13.8 Å². The first-order chi connectivity index (χ1) is 15.0. The number of carbonyl (C=O) groups excluding carboxylic acids is 1. The van der Waals surface area contributed by atoms with E-state index in [2.05, 4.69) is 25.3 Å². The fourth-order valence-corrected chi connectivity index (χ4v) is 4.32. The van der Waals surface area contributed by atoms with Gasteiger partial charge in [0.1, 0.15) is 0 Å². The van der Waals surface area contributed by atoms with E-state index in [0.29, 0.717) is 41.0 Å². The molecule has 31 heavy (non-hydrogen) atoms. The van der Waals surface area contributed by atoms with Gasteiger partial charge >= 0.3 is 0 Å². The van der Waals surface area contributed by atoms with E-state index >= 15 is 0 Å². The predicted molar refractivity (Wildman–Crippen MR) is 121 cm³/mol. The summed E-state index contributed by atoms with van der Waals surface area (Å²) in [4.78, 5) is 31.2. The van der Waals surface area contributed by atoms with Gasteiger partial charge in [-0.15, -0.1) is 0 Å². The Morgan fingerprint density at radius 1 is 0.871 bits per heavy atom. The fraction of sp³-hybridized carbons (Fsp3) is 0.208. The van der Waals surface area contributed by atoms with Crippen molar-refractivity contribution in [1.29, 1.82) is 0 Å². The highest BCUT2D eigenvalue weighted by molar-refractivity contribution is 6.30. The average molecular weight is 430 g/mol. The van der Waals surface area contributed by atoms with Crippen molar-refractivity contribution in [2.24, 2.45) is 0 Å². The normalized spacial score (nSPS) is 15.7. The molecule has 0 bridgehead atoms. The largest absolute Gasteiger partial charge is 0.294 e. The molecule has 1 atom stereocenters. The van der Waals surface area contributed by atoms with Crippen LogP contribution in [0.4, 0.5) is 11.9 Å². The molecule has 154 valence electrons. The highest BCUT2D eigenvalue weighted by Crippen LogP contribution is 2.34. The van der Waals surface area contributed by atoms with Crippen LogP contribution in [0.2, 0.25) is 5.02 Å². The molecule has 2 heterocycles. The number of halogens is 1. The second-order valence-corrected chi connectivity index (χ2v) is 8.25. The second kappa shape index (κ2) is 7.71. The maximum absolute atomic E-state index is 12.9. The van der Waals surface area contributed by atoms with E-state index in [0.717, 1.165) is 27.9 Å². The second-order valence-electron chi connectivity index (χ2n) is 7.81. The number of aryl methyl sites for hydroxylation is 2. The molecule has 1 aliphatic rings. The summed E-state index contributed by atoms with van der Waals surface area (Å²) < 4.78 is 0. The number of aromatic nitrogens is 4. The number of hydrogen-bond donors (Lipinski definition) is 1. The van der Waals surface area contributed by atoms with E-state index in [4.69, 9.17) is 11.6 Å². The highest BCUT2D eigenvalue weighted by atomic mass is 35.5. The smallest absolute Gasteiger partial charge is 0.230 e. The molecule has 0 saturated heterocycles. The van der Waals surface area contributed by atoms with Crippen LogP contribution in [0.1, 0.15) is 45.3 Å². The molecule has 0 amide bonds. The molecule has 0 radical (unpaired) electrons. The van der Waals surface area contributed by atoms with Gasteiger partial charge in [0, 0.05) is 16.8 Å². The molecule has 0 fully saturated rings. The van der Waals surface area contributed by atoms with Gasteiger partial charge < -0.3 is 0 Å². The van der Waals surface area contributed by atoms with E-state index in [9.17, 15) is 4.79 Å². The Morgan fingerprint density at radius 3 is 2.39 bits per heavy atom. The van der Waals surface area contributed by atoms with Crippen LogP contribution in [0.3, 0.4) is 0 Å². The van der Waals surface area contributed by atoms with Crippen LogP contribution in [0.25, 0.3) is 10.9 Å². The number of Topliss-reactive ketones (excluding diaryl/α,β-unsaturated/α-hetero) is 1. The maximum atomic E-state index is 12.9. The first-order valence-corrected chi connectivity index (χ1v) is 10.5. The standard InChI is InChI=1S/C24H20ClN5O/c1-13-18-5-3-4-6-19(18)28-23(26-13)30-24-27-14(2)22-20(29-24)11-16(12-21(22)31)15-7-9-17(25)10-8-15/h3-10,16H,11-12H2,1-2H3,(H,26,27,28,29,30)/t16-/m1/s1. The van der Waals surface area contributed by atoms with Crippen molar-refractivity contribution in [2.45, 2.75) is 32.6 Å². The van der Waals surface area contributed by atoms with Crippen LogP contribution in [0.5, 0.6) is 0 Å². The van der Waals surface area contributed by atoms with E-state index in [1.165, 1.54) is 0 Å². The van der Waals surface area contributed by atoms with Gasteiger partial charge in [0.25, 0.3) is 0 Å². The Balaban J connectivity index is 1.49. The Morgan fingerprint density at radius 2 is 1.58 bits per heavy atom. The van der Waals surface area contributed by atoms with Crippen molar-refractivity contribution in [1.82, 2.24) is 19.9 Å². The van der Waals surface area contributed by atoms with Gasteiger partial charge in [-0.05, 0) is 49.9 Å². The Hall–Kier alpha value is -3.38. The monoisotopic (exact) mass is 429 g/mol. The van der Waals surface area contributed by atoms with Crippen molar-refractivity contribution >= 4 is 40.2 Å². The SMILES string of the molecule is Cc1nc(Nc2nc(C)c3ccccc3n2)nc2c1C(=O)C[C@H](c1ccc(Cl)cc1)C2. The van der Waals surface area contributed by atoms with E-state index < -0.39 is 0 Å². The molecule has 0 aliphatic heterocycles. The highest BCUT2D eigenvalue weighted by Gasteiger charge is 2.30. The van der Waals surface area contributed by atoms with E-state index in [1.54, 1.807) is 0 Å². The van der Waals surface area contributed by atoms with Crippen LogP contribution in [-0.4, -0.2) is 25.7 Å². The van der Waals surface area contributed by atoms with Gasteiger partial charge in [-0.1, -0.05) is 41.9 Å². The van der Waals surface area contributed by atoms with Crippen LogP contribution < -0.4 is 5.32 Å². The minimum absolute atomic E-state index is 0.0681. The Bertz CT molecular complexity index is 1320. The summed E-state index contributed by atoms with van der Waals surface area (Å²) in [7, 11) is 0. The van der Waals surface area contributed by atoms with E-state index in [1.807, 2.05) is 62.4 Å². The summed E-state index contributed by atoms with van der Waals surface area (Å²) in [6, 6.07) is 15.5. The number of benzene rings is 2. The lowest BCUT2D eigenvalue weighted by atomic mass is 9.81. The number of nitrogens with one attached hydrogen (secondary N) is 1. The van der Waals surface area contributed by atoms with Crippen LogP contribution in [-0.2, 0) is 6.42 Å². The molecule has 7 heteroatoms. The molecular formula is C24H20ClN5O. The quantitative estimate of drug-likeness (QED) is 0.473. The summed E-state index contributed by atoms with van der Waals surface area (Å²) in [6.07, 6.45) is 1.11. The van der Waals surface area contributed by atoms with Crippen molar-refractivity contribution in [3.05, 3.63) is 81.8 Å². The maximum Gasteiger partial charge on any atom is 0.230 e. The summed E-state index contributed by atoms with van der Waals surface area (Å²) in [6.45, 7) is 3.79. The summed E-state index contributed by atoms with van der Waals surface area (Å²) >= 11 is 6.02. The van der Waals surface area contributed by atoms with Gasteiger partial charge in [0.05, 0.1) is 28.2 Å². The number of rotatable bonds is 3. The molecule has 5 rings (SSSR count). The van der Waals surface area contributed by atoms with Gasteiger partial charge in [0.2, 0.25) is 11.9 Å². The molecule has 4 aromatic rings. The number of anilines is 2. The zero-order chi connectivity index (χ0) is 21.5. The molecule has 2 aromatic heterocycles. The lowest BCUT2D eigenvalue weighted by Gasteiger charge is -2.24. The number of hydrogen-bond acceptors (Lipinski definition) is 6. The van der Waals surface area contributed by atoms with E-state index in [-0.39, 0.29) is 11.7 Å². The number of carbonyl (C=O) groups is 1. The number of fused-ring (bicyclic) bond motifs is 2. The summed E-state index contributed by atoms with van der Waals surface area (Å²) in [5.74, 6) is 0.976. The molecule has 2 aromatic carbocycles. The zero-order valence-electron chi connectivity index (χ0n) is 17.2. The summed E-state index contributed by atoms with van der Waals surface area (Å²) in [5.41, 5.74) is 4.87. The molecule has 1 aliphatic carbocycles. The lowest BCUT2D eigenvalue weighted by Crippen LogP contribution is -2.23. The molecule has 6 nitrogen and oxygen atoms in total. The first-order valence-electron chi connectivity index (χ1n) is 10.1. The summed E-state index contributed by atoms with van der Waals surface area (Å²) in [5, 5.41) is 4.82. The van der Waals surface area contributed by atoms with Crippen molar-refractivity contribution in [3.8, 4) is 0 Å². The van der Waals surface area contributed by atoms with Gasteiger partial charge in [-0.25, -0.2) is 19.9 Å².